The van der Waals surface area contributed by atoms with Gasteiger partial charge < -0.3 is 9.64 Å². The molecule has 1 aliphatic heterocycles. The Labute approximate surface area is 127 Å². The topological polar surface area (TPSA) is 29.5 Å². The van der Waals surface area contributed by atoms with E-state index in [1.165, 1.54) is 0 Å². The van der Waals surface area contributed by atoms with Gasteiger partial charge in [-0.05, 0) is 51.2 Å². The molecule has 3 heteroatoms. The van der Waals surface area contributed by atoms with Crippen molar-refractivity contribution < 1.29 is 9.53 Å². The number of carbonyl (C=O) groups is 1. The van der Waals surface area contributed by atoms with Gasteiger partial charge in [0.2, 0.25) is 0 Å². The molecule has 0 N–H and O–H groups in total. The molecule has 1 aliphatic rings. The second kappa shape index (κ2) is 6.33. The van der Waals surface area contributed by atoms with Crippen molar-refractivity contribution in [3.63, 3.8) is 0 Å². The van der Waals surface area contributed by atoms with E-state index in [4.69, 9.17) is 4.74 Å². The van der Waals surface area contributed by atoms with E-state index in [0.717, 1.165) is 36.9 Å². The average molecular weight is 287 g/mol. The van der Waals surface area contributed by atoms with E-state index < -0.39 is 5.60 Å². The molecule has 1 unspecified atom stereocenters. The number of hydrogen-bond donors (Lipinski definition) is 0. The standard InChI is InChI=1S/C18H25NO2/c1-14(15-9-6-5-7-10-15)13-16-11-8-12-19(16)17(20)21-18(2,3)4/h5-7,9-10,16H,1,8,11-13H2,2-4H3. The lowest BCUT2D eigenvalue weighted by molar-refractivity contribution is 0.0230. The highest BCUT2D eigenvalue weighted by Gasteiger charge is 2.32. The molecule has 3 nitrogen and oxygen atoms in total. The van der Waals surface area contributed by atoms with Crippen molar-refractivity contribution in [1.82, 2.24) is 4.90 Å². The molecule has 0 aliphatic carbocycles. The van der Waals surface area contributed by atoms with E-state index in [0.29, 0.717) is 0 Å². The van der Waals surface area contributed by atoms with Crippen LogP contribution in [0.4, 0.5) is 4.79 Å². The number of ether oxygens (including phenoxy) is 1. The van der Waals surface area contributed by atoms with Crippen LogP contribution in [0.2, 0.25) is 0 Å². The van der Waals surface area contributed by atoms with E-state index in [1.54, 1.807) is 0 Å². The van der Waals surface area contributed by atoms with Gasteiger partial charge in [0.25, 0.3) is 0 Å². The number of hydrogen-bond acceptors (Lipinski definition) is 2. The molecule has 21 heavy (non-hydrogen) atoms. The summed E-state index contributed by atoms with van der Waals surface area (Å²) >= 11 is 0. The molecule has 1 amide bonds. The summed E-state index contributed by atoms with van der Waals surface area (Å²) in [5.41, 5.74) is 1.78. The fourth-order valence-corrected chi connectivity index (χ4v) is 2.68. The van der Waals surface area contributed by atoms with Gasteiger partial charge in [-0.25, -0.2) is 4.79 Å². The predicted octanol–water partition coefficient (Wildman–Crippen LogP) is 4.49. The maximum absolute atomic E-state index is 12.3. The highest BCUT2D eigenvalue weighted by Crippen LogP contribution is 2.28. The number of amides is 1. The predicted molar refractivity (Wildman–Crippen MR) is 86.1 cm³/mol. The highest BCUT2D eigenvalue weighted by molar-refractivity contribution is 5.70. The highest BCUT2D eigenvalue weighted by atomic mass is 16.6. The van der Waals surface area contributed by atoms with E-state index in [9.17, 15) is 4.79 Å². The third kappa shape index (κ3) is 4.35. The van der Waals surface area contributed by atoms with Crippen LogP contribution < -0.4 is 0 Å². The lowest BCUT2D eigenvalue weighted by Crippen LogP contribution is -2.39. The Morgan fingerprint density at radius 3 is 2.62 bits per heavy atom. The Hall–Kier alpha value is -1.77. The minimum Gasteiger partial charge on any atom is -0.444 e. The van der Waals surface area contributed by atoms with Crippen LogP contribution in [0.3, 0.4) is 0 Å². The molecule has 114 valence electrons. The third-order valence-corrected chi connectivity index (χ3v) is 3.67. The lowest BCUT2D eigenvalue weighted by atomic mass is 9.99. The number of rotatable bonds is 3. The zero-order chi connectivity index (χ0) is 15.5. The van der Waals surface area contributed by atoms with Crippen molar-refractivity contribution in [2.75, 3.05) is 6.54 Å². The summed E-state index contributed by atoms with van der Waals surface area (Å²) in [6.45, 7) is 10.7. The minimum atomic E-state index is -0.444. The molecular weight excluding hydrogens is 262 g/mol. The molecule has 1 saturated heterocycles. The Bertz CT molecular complexity index is 502. The third-order valence-electron chi connectivity index (χ3n) is 3.67. The monoisotopic (exact) mass is 287 g/mol. The summed E-state index contributed by atoms with van der Waals surface area (Å²) in [6.07, 6.45) is 2.66. The molecule has 1 fully saturated rings. The van der Waals surface area contributed by atoms with Crippen LogP contribution in [-0.2, 0) is 4.74 Å². The van der Waals surface area contributed by atoms with Gasteiger partial charge in [0.1, 0.15) is 5.60 Å². The van der Waals surface area contributed by atoms with Crippen LogP contribution in [0.5, 0.6) is 0 Å². The summed E-state index contributed by atoms with van der Waals surface area (Å²) in [5, 5.41) is 0. The Morgan fingerprint density at radius 1 is 1.33 bits per heavy atom. The van der Waals surface area contributed by atoms with Crippen LogP contribution in [-0.4, -0.2) is 29.2 Å². The molecule has 0 bridgehead atoms. The van der Waals surface area contributed by atoms with Crippen LogP contribution >= 0.6 is 0 Å². The van der Waals surface area contributed by atoms with Crippen molar-refractivity contribution >= 4 is 11.7 Å². The molecule has 1 atom stereocenters. The Balaban J connectivity index is 1.99. The zero-order valence-electron chi connectivity index (χ0n) is 13.3. The number of nitrogens with zero attached hydrogens (tertiary/aromatic N) is 1. The van der Waals surface area contributed by atoms with Gasteiger partial charge in [-0.3, -0.25) is 0 Å². The second-order valence-corrected chi connectivity index (χ2v) is 6.64. The first-order valence-electron chi connectivity index (χ1n) is 7.59. The number of benzene rings is 1. The summed E-state index contributed by atoms with van der Waals surface area (Å²) in [6, 6.07) is 10.4. The van der Waals surface area contributed by atoms with Gasteiger partial charge in [-0.2, -0.15) is 0 Å². The maximum atomic E-state index is 12.3. The van der Waals surface area contributed by atoms with Gasteiger partial charge in [0, 0.05) is 12.6 Å². The van der Waals surface area contributed by atoms with E-state index in [-0.39, 0.29) is 12.1 Å². The van der Waals surface area contributed by atoms with Crippen LogP contribution in [0.25, 0.3) is 5.57 Å². The first-order valence-corrected chi connectivity index (χ1v) is 7.59. The molecule has 1 aromatic rings. The zero-order valence-corrected chi connectivity index (χ0v) is 13.3. The largest absolute Gasteiger partial charge is 0.444 e. The summed E-state index contributed by atoms with van der Waals surface area (Å²) in [4.78, 5) is 14.1. The van der Waals surface area contributed by atoms with Gasteiger partial charge in [-0.1, -0.05) is 36.9 Å². The summed E-state index contributed by atoms with van der Waals surface area (Å²) in [7, 11) is 0. The van der Waals surface area contributed by atoms with Gasteiger partial charge in [-0.15, -0.1) is 0 Å². The Kier molecular flexibility index (Phi) is 4.71. The van der Waals surface area contributed by atoms with Crippen molar-refractivity contribution in [2.24, 2.45) is 0 Å². The molecule has 0 saturated carbocycles. The first kappa shape index (κ1) is 15.6. The molecule has 1 aromatic carbocycles. The molecule has 0 aromatic heterocycles. The van der Waals surface area contributed by atoms with Crippen molar-refractivity contribution in [3.8, 4) is 0 Å². The van der Waals surface area contributed by atoms with Crippen LogP contribution in [0, 0.1) is 0 Å². The van der Waals surface area contributed by atoms with Gasteiger partial charge >= 0.3 is 6.09 Å². The van der Waals surface area contributed by atoms with Crippen molar-refractivity contribution in [2.45, 2.75) is 51.7 Å². The lowest BCUT2D eigenvalue weighted by Gasteiger charge is -2.29. The van der Waals surface area contributed by atoms with Crippen molar-refractivity contribution in [3.05, 3.63) is 42.5 Å². The van der Waals surface area contributed by atoms with Crippen LogP contribution in [0.1, 0.15) is 45.6 Å². The molecular formula is C18H25NO2. The minimum absolute atomic E-state index is 0.201. The van der Waals surface area contributed by atoms with Crippen molar-refractivity contribution in [1.29, 1.82) is 0 Å². The summed E-state index contributed by atoms with van der Waals surface area (Å²) in [5.74, 6) is 0. The normalized spacial score (nSPS) is 18.6. The Morgan fingerprint density at radius 2 is 2.00 bits per heavy atom. The average Bonchev–Trinajstić information content (AvgIpc) is 2.86. The molecule has 1 heterocycles. The maximum Gasteiger partial charge on any atom is 0.410 e. The quantitative estimate of drug-likeness (QED) is 0.819. The molecule has 0 spiro atoms. The number of likely N-dealkylation sites (tertiary alicyclic amines) is 1. The smallest absolute Gasteiger partial charge is 0.410 e. The molecule has 2 rings (SSSR count). The van der Waals surface area contributed by atoms with Crippen LogP contribution in [0.15, 0.2) is 36.9 Å². The van der Waals surface area contributed by atoms with Gasteiger partial charge in [0.05, 0.1) is 0 Å². The van der Waals surface area contributed by atoms with E-state index in [2.05, 4.69) is 18.7 Å². The number of carbonyl (C=O) groups excluding carboxylic acids is 1. The summed E-state index contributed by atoms with van der Waals surface area (Å²) < 4.78 is 5.50. The van der Waals surface area contributed by atoms with E-state index >= 15 is 0 Å². The molecule has 0 radical (unpaired) electrons. The van der Waals surface area contributed by atoms with Gasteiger partial charge in [0.15, 0.2) is 0 Å². The van der Waals surface area contributed by atoms with E-state index in [1.807, 2.05) is 43.9 Å². The SMILES string of the molecule is C=C(CC1CCCN1C(=O)OC(C)(C)C)c1ccccc1. The first-order chi connectivity index (χ1) is 9.87. The fraction of sp³-hybridized carbons (Fsp3) is 0.500. The fourth-order valence-electron chi connectivity index (χ4n) is 2.68. The second-order valence-electron chi connectivity index (χ2n) is 6.64.